The summed E-state index contributed by atoms with van der Waals surface area (Å²) in [5, 5.41) is 6.08. The first-order valence-electron chi connectivity index (χ1n) is 12.9. The van der Waals surface area contributed by atoms with Crippen LogP contribution in [0.25, 0.3) is 10.1 Å². The van der Waals surface area contributed by atoms with Crippen LogP contribution >= 0.6 is 57.5 Å². The normalized spacial score (nSPS) is 12.3. The molecule has 2 aromatic carbocycles. The molecule has 3 rings (SSSR count). The topological polar surface area (TPSA) is 221 Å². The lowest BCUT2D eigenvalue weighted by Gasteiger charge is -2.16. The summed E-state index contributed by atoms with van der Waals surface area (Å²) in [7, 11) is -9.26. The standard InChI is InChI=1S/C18H14BrF2INO7PS2.C8H14N2O4/c1-33(28,29)10-3-2-8(12(22)6-10)7-30-13-5-9(17(23)24)4-11-14(19)16(32-15(11)13)18(20,21)31(25,26)27;1-5(2)13-7(11)9-10-8(12)14-6(3)4/h2-6H,7H2,1H3,(H2,23,24)(H2,25,26,27);5-6H,1-4H3. The maximum absolute atomic E-state index is 14.4. The fraction of sp³-hybridized carbons (Fsp3) is 0.346. The van der Waals surface area contributed by atoms with Crippen LogP contribution in [0.5, 0.6) is 5.75 Å². The van der Waals surface area contributed by atoms with Crippen LogP contribution in [0.4, 0.5) is 18.4 Å². The maximum atomic E-state index is 14.4. The summed E-state index contributed by atoms with van der Waals surface area (Å²) in [5.41, 5.74) is 1.38. The van der Waals surface area contributed by atoms with Crippen molar-refractivity contribution in [1.82, 2.24) is 0 Å². The third-order valence-electron chi connectivity index (χ3n) is 5.34. The molecule has 258 valence electrons. The van der Waals surface area contributed by atoms with Gasteiger partial charge in [0.25, 0.3) is 0 Å². The van der Waals surface area contributed by atoms with E-state index in [2.05, 4.69) is 35.6 Å². The average molecular weight is 898 g/mol. The van der Waals surface area contributed by atoms with E-state index in [0.29, 0.717) is 20.5 Å². The number of ether oxygens (including phenoxy) is 3. The fourth-order valence-electron chi connectivity index (χ4n) is 3.28. The van der Waals surface area contributed by atoms with Crippen LogP contribution in [0, 0.1) is 3.57 Å². The van der Waals surface area contributed by atoms with E-state index in [0.717, 1.165) is 6.26 Å². The molecule has 0 spiro atoms. The molecule has 0 unspecified atom stereocenters. The number of nitrogens with two attached hydrogens (primary N) is 1. The minimum Gasteiger partial charge on any atom is -0.487 e. The Morgan fingerprint density at radius 3 is 2.02 bits per heavy atom. The summed E-state index contributed by atoms with van der Waals surface area (Å²) in [6.07, 6.45) is -1.31. The molecule has 3 aromatic rings. The van der Waals surface area contributed by atoms with E-state index in [1.165, 1.54) is 30.3 Å². The number of sulfone groups is 1. The molecule has 0 fully saturated rings. The molecule has 14 nitrogen and oxygen atoms in total. The Morgan fingerprint density at radius 2 is 1.60 bits per heavy atom. The predicted molar refractivity (Wildman–Crippen MR) is 179 cm³/mol. The zero-order valence-electron chi connectivity index (χ0n) is 25.1. The highest BCUT2D eigenvalue weighted by Gasteiger charge is 2.53. The van der Waals surface area contributed by atoms with Gasteiger partial charge in [-0.05, 0) is 90.5 Å². The summed E-state index contributed by atoms with van der Waals surface area (Å²) in [6, 6.07) is 6.83. The second-order valence-corrected chi connectivity index (χ2v) is 16.6. The van der Waals surface area contributed by atoms with Gasteiger partial charge in [-0.25, -0.2) is 18.0 Å². The number of halogens is 4. The minimum absolute atomic E-state index is 0.0113. The molecule has 47 heavy (non-hydrogen) atoms. The molecule has 0 aliphatic heterocycles. The molecule has 0 saturated carbocycles. The third-order valence-corrected chi connectivity index (χ3v) is 10.9. The number of hydrogen-bond donors (Lipinski definition) is 3. The molecule has 3 amide bonds. The van der Waals surface area contributed by atoms with Gasteiger partial charge in [0, 0.05) is 30.8 Å². The Hall–Kier alpha value is -2.62. The van der Waals surface area contributed by atoms with E-state index in [-0.39, 0.29) is 49.6 Å². The molecule has 0 saturated heterocycles. The summed E-state index contributed by atoms with van der Waals surface area (Å²) in [5.74, 6) is -0.877. The lowest BCUT2D eigenvalue weighted by atomic mass is 10.1. The van der Waals surface area contributed by atoms with Gasteiger partial charge >= 0.3 is 25.4 Å². The Kier molecular flexibility index (Phi) is 14.0. The van der Waals surface area contributed by atoms with Crippen molar-refractivity contribution >= 4 is 95.5 Å². The van der Waals surface area contributed by atoms with Crippen molar-refractivity contribution in [1.29, 1.82) is 0 Å². The predicted octanol–water partition coefficient (Wildman–Crippen LogP) is 7.11. The molecular formula is C26H28BrF2IN3O11PS2. The monoisotopic (exact) mass is 897 g/mol. The SMILES string of the molecule is CC(C)OC(=O)N=NC(=O)OC(C)C.CS(=O)(=O)c1ccc(COc2cc(C(N)=O)cc3c(Br)c(C(F)(F)P(=O)(O)O)sc23)c(I)c1. The van der Waals surface area contributed by atoms with Gasteiger partial charge in [0.2, 0.25) is 5.91 Å². The molecular weight excluding hydrogens is 870 g/mol. The smallest absolute Gasteiger partial charge is 0.452 e. The van der Waals surface area contributed by atoms with Crippen molar-refractivity contribution in [2.45, 2.75) is 57.1 Å². The highest BCUT2D eigenvalue weighted by atomic mass is 127. The number of azo groups is 1. The molecule has 0 atom stereocenters. The first-order chi connectivity index (χ1) is 21.4. The molecule has 1 heterocycles. The van der Waals surface area contributed by atoms with E-state index in [1.807, 2.05) is 22.6 Å². The van der Waals surface area contributed by atoms with Crippen molar-refractivity contribution in [2.24, 2.45) is 16.0 Å². The largest absolute Gasteiger partial charge is 0.487 e. The second kappa shape index (κ2) is 16.2. The number of nitrogens with zero attached hydrogens (tertiary/aromatic N) is 2. The molecule has 0 aliphatic rings. The number of alkyl halides is 2. The molecule has 0 radical (unpaired) electrons. The average Bonchev–Trinajstić information content (AvgIpc) is 3.26. The van der Waals surface area contributed by atoms with Crippen molar-refractivity contribution in [3.8, 4) is 5.75 Å². The van der Waals surface area contributed by atoms with Gasteiger partial charge < -0.3 is 29.7 Å². The summed E-state index contributed by atoms with van der Waals surface area (Å²) in [6.45, 7) is 6.55. The van der Waals surface area contributed by atoms with E-state index in [4.69, 9.17) is 20.3 Å². The molecule has 21 heteroatoms. The quantitative estimate of drug-likeness (QED) is 0.112. The zero-order valence-corrected chi connectivity index (χ0v) is 31.3. The van der Waals surface area contributed by atoms with E-state index >= 15 is 0 Å². The minimum atomic E-state index is -5.84. The van der Waals surface area contributed by atoms with Crippen LogP contribution in [0.2, 0.25) is 0 Å². The van der Waals surface area contributed by atoms with Gasteiger partial charge in [0.05, 0.1) is 21.8 Å². The number of benzene rings is 2. The Bertz CT molecular complexity index is 1840. The number of fused-ring (bicyclic) bond motifs is 1. The highest BCUT2D eigenvalue weighted by molar-refractivity contribution is 14.1. The number of primary amides is 1. The van der Waals surface area contributed by atoms with Crippen molar-refractivity contribution in [3.05, 3.63) is 54.4 Å². The van der Waals surface area contributed by atoms with Crippen LogP contribution in [0.1, 0.15) is 48.5 Å². The van der Waals surface area contributed by atoms with Crippen LogP contribution < -0.4 is 10.5 Å². The van der Waals surface area contributed by atoms with E-state index < -0.39 is 46.1 Å². The van der Waals surface area contributed by atoms with Gasteiger partial charge in [-0.3, -0.25) is 9.36 Å². The van der Waals surface area contributed by atoms with Crippen LogP contribution in [-0.4, -0.2) is 54.8 Å². The summed E-state index contributed by atoms with van der Waals surface area (Å²) >= 11 is 5.28. The van der Waals surface area contributed by atoms with Gasteiger partial charge in [-0.2, -0.15) is 8.78 Å². The maximum Gasteiger partial charge on any atom is 0.452 e. The number of carbonyl (C=O) groups is 3. The fourth-order valence-corrected chi connectivity index (χ4v) is 7.78. The van der Waals surface area contributed by atoms with Crippen molar-refractivity contribution in [2.75, 3.05) is 6.26 Å². The lowest BCUT2D eigenvalue weighted by molar-refractivity contribution is 0.0595. The van der Waals surface area contributed by atoms with Gasteiger partial charge in [-0.1, -0.05) is 16.3 Å². The number of carbonyl (C=O) groups excluding carboxylic acids is 3. The van der Waals surface area contributed by atoms with Crippen molar-refractivity contribution < 1.29 is 60.1 Å². The molecule has 1 aromatic heterocycles. The molecule has 0 bridgehead atoms. The van der Waals surface area contributed by atoms with Crippen molar-refractivity contribution in [3.63, 3.8) is 0 Å². The summed E-state index contributed by atoms with van der Waals surface area (Å²) in [4.78, 5) is 50.7. The number of rotatable bonds is 9. The summed E-state index contributed by atoms with van der Waals surface area (Å²) < 4.78 is 79.0. The first-order valence-corrected chi connectivity index (χ1v) is 19.1. The Balaban J connectivity index is 0.000000463. The van der Waals surface area contributed by atoms with Gasteiger partial charge in [0.1, 0.15) is 17.2 Å². The second-order valence-electron chi connectivity index (χ2n) is 9.92. The Morgan fingerprint density at radius 1 is 1.06 bits per heavy atom. The third kappa shape index (κ3) is 11.2. The highest BCUT2D eigenvalue weighted by Crippen LogP contribution is 2.63. The molecule has 4 N–H and O–H groups in total. The first kappa shape index (κ1) is 40.6. The van der Waals surface area contributed by atoms with Crippen LogP contribution in [-0.2, 0) is 36.1 Å². The zero-order chi connectivity index (χ0) is 36.1. The van der Waals surface area contributed by atoms with E-state index in [1.54, 1.807) is 27.7 Å². The number of hydrogen-bond acceptors (Lipinski definition) is 10. The van der Waals surface area contributed by atoms with Gasteiger partial charge in [-0.15, -0.1) is 11.3 Å². The molecule has 0 aliphatic carbocycles. The Labute approximate surface area is 293 Å². The van der Waals surface area contributed by atoms with Gasteiger partial charge in [0.15, 0.2) is 9.84 Å². The number of amides is 3. The van der Waals surface area contributed by atoms with Crippen LogP contribution in [0.15, 0.2) is 49.9 Å². The number of thiophene rings is 1. The van der Waals surface area contributed by atoms with Crippen LogP contribution in [0.3, 0.4) is 0 Å². The lowest BCUT2D eigenvalue weighted by Crippen LogP contribution is -2.12. The van der Waals surface area contributed by atoms with E-state index in [9.17, 15) is 36.1 Å².